The predicted octanol–water partition coefficient (Wildman–Crippen LogP) is 1.68. The minimum absolute atomic E-state index is 0. The first kappa shape index (κ1) is 20.2. The molecule has 0 atom stereocenters. The average Bonchev–Trinajstić information content (AvgIpc) is 3.34. The molecule has 0 saturated heterocycles. The van der Waals surface area contributed by atoms with Crippen LogP contribution in [-0.4, -0.2) is 34.5 Å². The van der Waals surface area contributed by atoms with E-state index in [2.05, 4.69) is 20.3 Å². The van der Waals surface area contributed by atoms with E-state index in [1.807, 2.05) is 13.0 Å². The number of benzene rings is 1. The maximum absolute atomic E-state index is 11.8. The van der Waals surface area contributed by atoms with Crippen LogP contribution < -0.4 is 15.4 Å². The molecule has 0 radical (unpaired) electrons. The van der Waals surface area contributed by atoms with E-state index in [4.69, 9.17) is 0 Å². The number of sulfonamides is 1. The summed E-state index contributed by atoms with van der Waals surface area (Å²) in [6.45, 7) is 4.20. The van der Waals surface area contributed by atoms with Crippen molar-refractivity contribution in [3.63, 3.8) is 0 Å². The predicted molar refractivity (Wildman–Crippen MR) is 104 cm³/mol. The number of aliphatic imine (C=N–C) groups is 1. The molecule has 1 saturated carbocycles. The van der Waals surface area contributed by atoms with E-state index in [9.17, 15) is 8.42 Å². The molecule has 0 amide bonds. The van der Waals surface area contributed by atoms with E-state index in [1.165, 1.54) is 19.9 Å². The summed E-state index contributed by atoms with van der Waals surface area (Å²) < 4.78 is 25.9. The smallest absolute Gasteiger partial charge is 0.240 e. The van der Waals surface area contributed by atoms with Crippen LogP contribution in [0.3, 0.4) is 0 Å². The summed E-state index contributed by atoms with van der Waals surface area (Å²) in [6.07, 6.45) is 2.58. The van der Waals surface area contributed by atoms with Gasteiger partial charge in [-0.3, -0.25) is 0 Å². The summed E-state index contributed by atoms with van der Waals surface area (Å²) in [5.74, 6) is 1.55. The summed E-state index contributed by atoms with van der Waals surface area (Å²) >= 11 is 0. The molecule has 23 heavy (non-hydrogen) atoms. The summed E-state index contributed by atoms with van der Waals surface area (Å²) in [4.78, 5) is 4.77. The lowest BCUT2D eigenvalue weighted by atomic mass is 10.2. The fourth-order valence-electron chi connectivity index (χ4n) is 2.00. The lowest BCUT2D eigenvalue weighted by molar-refractivity contribution is 0.588. The second-order valence-corrected chi connectivity index (χ2v) is 7.26. The molecule has 1 fully saturated rings. The lowest BCUT2D eigenvalue weighted by Crippen LogP contribution is -2.38. The molecule has 1 aromatic carbocycles. The van der Waals surface area contributed by atoms with Crippen LogP contribution in [-0.2, 0) is 16.6 Å². The highest BCUT2D eigenvalue weighted by molar-refractivity contribution is 14.0. The number of rotatable bonds is 7. The lowest BCUT2D eigenvalue weighted by Gasteiger charge is -2.11. The van der Waals surface area contributed by atoms with Crippen molar-refractivity contribution in [3.05, 3.63) is 29.8 Å². The number of halogens is 1. The normalized spacial score (nSPS) is 15.0. The van der Waals surface area contributed by atoms with Gasteiger partial charge in [-0.15, -0.1) is 24.0 Å². The van der Waals surface area contributed by atoms with E-state index >= 15 is 0 Å². The highest BCUT2D eigenvalue weighted by Gasteiger charge is 2.21. The van der Waals surface area contributed by atoms with Crippen LogP contribution in [0, 0.1) is 5.92 Å². The molecule has 0 aromatic heterocycles. The summed E-state index contributed by atoms with van der Waals surface area (Å²) in [6, 6.07) is 6.84. The quantitative estimate of drug-likeness (QED) is 0.334. The Bertz CT molecular complexity index is 630. The van der Waals surface area contributed by atoms with Gasteiger partial charge in [-0.2, -0.15) is 0 Å². The van der Waals surface area contributed by atoms with E-state index in [0.717, 1.165) is 30.5 Å². The zero-order chi connectivity index (χ0) is 16.0. The third-order valence-corrected chi connectivity index (χ3v) is 4.91. The van der Waals surface area contributed by atoms with Gasteiger partial charge < -0.3 is 10.6 Å². The Balaban J connectivity index is 0.00000264. The van der Waals surface area contributed by atoms with Crippen molar-refractivity contribution in [1.82, 2.24) is 15.4 Å². The molecule has 0 spiro atoms. The standard InChI is InChI=1S/C15H24N4O2S.HI/c1-3-17-15(18-10-12-7-8-12)19-11-13-5-4-6-14(9-13)22(20,21)16-2;/h4-6,9,12,16H,3,7-8,10-11H2,1-2H3,(H2,17,18,19);1H. The van der Waals surface area contributed by atoms with Crippen LogP contribution in [0.25, 0.3) is 0 Å². The van der Waals surface area contributed by atoms with E-state index < -0.39 is 10.0 Å². The Hall–Kier alpha value is -0.870. The number of nitrogens with one attached hydrogen (secondary N) is 3. The Labute approximate surface area is 155 Å². The summed E-state index contributed by atoms with van der Waals surface area (Å²) in [5, 5.41) is 6.52. The van der Waals surface area contributed by atoms with Gasteiger partial charge in [0.15, 0.2) is 5.96 Å². The van der Waals surface area contributed by atoms with Gasteiger partial charge >= 0.3 is 0 Å². The number of guanidine groups is 1. The minimum atomic E-state index is -3.41. The second-order valence-electron chi connectivity index (χ2n) is 5.37. The van der Waals surface area contributed by atoms with Crippen molar-refractivity contribution in [2.24, 2.45) is 10.9 Å². The monoisotopic (exact) mass is 452 g/mol. The zero-order valence-corrected chi connectivity index (χ0v) is 16.6. The fraction of sp³-hybridized carbons (Fsp3) is 0.533. The van der Waals surface area contributed by atoms with Crippen LogP contribution in [0.4, 0.5) is 0 Å². The molecule has 1 aliphatic carbocycles. The first-order valence-corrected chi connectivity index (χ1v) is 9.08. The van der Waals surface area contributed by atoms with Gasteiger partial charge in [0.1, 0.15) is 0 Å². The Kier molecular flexibility index (Phi) is 8.27. The maximum Gasteiger partial charge on any atom is 0.240 e. The molecular weight excluding hydrogens is 427 g/mol. The summed E-state index contributed by atoms with van der Waals surface area (Å²) in [7, 11) is -2.00. The van der Waals surface area contributed by atoms with Crippen molar-refractivity contribution >= 4 is 40.0 Å². The Morgan fingerprint density at radius 2 is 2.04 bits per heavy atom. The molecule has 130 valence electrons. The first-order chi connectivity index (χ1) is 10.5. The van der Waals surface area contributed by atoms with Gasteiger partial charge in [-0.25, -0.2) is 18.1 Å². The van der Waals surface area contributed by atoms with Crippen LogP contribution in [0.5, 0.6) is 0 Å². The molecule has 0 bridgehead atoms. The van der Waals surface area contributed by atoms with E-state index in [1.54, 1.807) is 18.2 Å². The SMILES string of the molecule is CCNC(=NCc1cccc(S(=O)(=O)NC)c1)NCC1CC1.I. The Morgan fingerprint density at radius 1 is 1.30 bits per heavy atom. The molecule has 2 rings (SSSR count). The summed E-state index contributed by atoms with van der Waals surface area (Å²) in [5.41, 5.74) is 0.861. The van der Waals surface area contributed by atoms with Gasteiger partial charge in [-0.1, -0.05) is 12.1 Å². The van der Waals surface area contributed by atoms with Crippen LogP contribution >= 0.6 is 24.0 Å². The van der Waals surface area contributed by atoms with Crippen LogP contribution in [0.1, 0.15) is 25.3 Å². The highest BCUT2D eigenvalue weighted by atomic mass is 127. The Morgan fingerprint density at radius 3 is 2.65 bits per heavy atom. The van der Waals surface area contributed by atoms with Gasteiger partial charge in [0, 0.05) is 13.1 Å². The topological polar surface area (TPSA) is 82.6 Å². The molecule has 0 aliphatic heterocycles. The fourth-order valence-corrected chi connectivity index (χ4v) is 2.80. The molecular formula is C15H25IN4O2S. The number of hydrogen-bond donors (Lipinski definition) is 3. The van der Waals surface area contributed by atoms with Crippen LogP contribution in [0.2, 0.25) is 0 Å². The molecule has 1 aromatic rings. The van der Waals surface area contributed by atoms with Crippen molar-refractivity contribution < 1.29 is 8.42 Å². The molecule has 3 N–H and O–H groups in total. The zero-order valence-electron chi connectivity index (χ0n) is 13.5. The van der Waals surface area contributed by atoms with Crippen molar-refractivity contribution in [2.75, 3.05) is 20.1 Å². The molecule has 6 nitrogen and oxygen atoms in total. The van der Waals surface area contributed by atoms with Gasteiger partial charge in [0.25, 0.3) is 0 Å². The second kappa shape index (κ2) is 9.43. The van der Waals surface area contributed by atoms with Crippen molar-refractivity contribution in [1.29, 1.82) is 0 Å². The van der Waals surface area contributed by atoms with Gasteiger partial charge in [0.2, 0.25) is 10.0 Å². The molecule has 8 heteroatoms. The molecule has 0 heterocycles. The van der Waals surface area contributed by atoms with E-state index in [-0.39, 0.29) is 28.9 Å². The third-order valence-electron chi connectivity index (χ3n) is 3.50. The van der Waals surface area contributed by atoms with Gasteiger partial charge in [0.05, 0.1) is 11.4 Å². The van der Waals surface area contributed by atoms with Crippen molar-refractivity contribution in [3.8, 4) is 0 Å². The van der Waals surface area contributed by atoms with Crippen molar-refractivity contribution in [2.45, 2.75) is 31.2 Å². The average molecular weight is 452 g/mol. The van der Waals surface area contributed by atoms with Gasteiger partial charge in [-0.05, 0) is 50.4 Å². The van der Waals surface area contributed by atoms with Crippen LogP contribution in [0.15, 0.2) is 34.2 Å². The molecule has 1 aliphatic rings. The maximum atomic E-state index is 11.8. The molecule has 0 unspecified atom stereocenters. The highest BCUT2D eigenvalue weighted by Crippen LogP contribution is 2.27. The largest absolute Gasteiger partial charge is 0.357 e. The minimum Gasteiger partial charge on any atom is -0.357 e. The van der Waals surface area contributed by atoms with E-state index in [0.29, 0.717) is 6.54 Å². The number of nitrogens with zero attached hydrogens (tertiary/aromatic N) is 1. The number of hydrogen-bond acceptors (Lipinski definition) is 3. The first-order valence-electron chi connectivity index (χ1n) is 7.60. The third kappa shape index (κ3) is 6.64.